The fourth-order valence-corrected chi connectivity index (χ4v) is 4.32. The van der Waals surface area contributed by atoms with Gasteiger partial charge < -0.3 is 0 Å². The Morgan fingerprint density at radius 1 is 1.13 bits per heavy atom. The predicted molar refractivity (Wildman–Crippen MR) is 96.3 cm³/mol. The van der Waals surface area contributed by atoms with Gasteiger partial charge in [-0.2, -0.15) is 11.3 Å². The van der Waals surface area contributed by atoms with Crippen LogP contribution in [0.15, 0.2) is 46.0 Å². The molecule has 2 aromatic rings. The van der Waals surface area contributed by atoms with Gasteiger partial charge in [-0.15, -0.1) is 0 Å². The third-order valence-corrected chi connectivity index (χ3v) is 6.12. The van der Waals surface area contributed by atoms with E-state index in [9.17, 15) is 8.42 Å². The first-order valence-corrected chi connectivity index (χ1v) is 10.2. The summed E-state index contributed by atoms with van der Waals surface area (Å²) in [6, 6.07) is 9.04. The van der Waals surface area contributed by atoms with Crippen molar-refractivity contribution >= 4 is 21.4 Å². The maximum absolute atomic E-state index is 12.5. The highest BCUT2D eigenvalue weighted by molar-refractivity contribution is 7.89. The van der Waals surface area contributed by atoms with E-state index in [2.05, 4.69) is 34.9 Å². The third-order valence-electron chi connectivity index (χ3n) is 3.98. The Balaban J connectivity index is 2.16. The molecule has 6 heteroatoms. The van der Waals surface area contributed by atoms with Crippen molar-refractivity contribution in [2.75, 3.05) is 19.6 Å². The SMILES string of the molecule is CCN(CC)[C@@H](CNS(=O)(=O)c1ccc(C)cc1)c1ccsc1. The van der Waals surface area contributed by atoms with Gasteiger partial charge in [0.05, 0.1) is 4.90 Å². The van der Waals surface area contributed by atoms with Crippen molar-refractivity contribution in [3.63, 3.8) is 0 Å². The van der Waals surface area contributed by atoms with Gasteiger partial charge in [0.2, 0.25) is 10.0 Å². The summed E-state index contributed by atoms with van der Waals surface area (Å²) in [7, 11) is -3.49. The molecule has 0 unspecified atom stereocenters. The van der Waals surface area contributed by atoms with Gasteiger partial charge in [-0.1, -0.05) is 31.5 Å². The van der Waals surface area contributed by atoms with Gasteiger partial charge in [-0.3, -0.25) is 4.90 Å². The van der Waals surface area contributed by atoms with Crippen molar-refractivity contribution in [3.05, 3.63) is 52.2 Å². The van der Waals surface area contributed by atoms with Gasteiger partial charge >= 0.3 is 0 Å². The first-order valence-electron chi connectivity index (χ1n) is 7.80. The topological polar surface area (TPSA) is 49.4 Å². The molecule has 23 heavy (non-hydrogen) atoms. The number of benzene rings is 1. The van der Waals surface area contributed by atoms with Crippen LogP contribution in [0.25, 0.3) is 0 Å². The number of sulfonamides is 1. The largest absolute Gasteiger partial charge is 0.296 e. The second-order valence-electron chi connectivity index (χ2n) is 5.46. The zero-order valence-electron chi connectivity index (χ0n) is 13.8. The van der Waals surface area contributed by atoms with E-state index in [1.165, 1.54) is 0 Å². The monoisotopic (exact) mass is 352 g/mol. The Hall–Kier alpha value is -1.21. The number of hydrogen-bond acceptors (Lipinski definition) is 4. The van der Waals surface area contributed by atoms with Crippen LogP contribution in [0.2, 0.25) is 0 Å². The lowest BCUT2D eigenvalue weighted by Crippen LogP contribution is -2.37. The number of thiophene rings is 1. The molecular formula is C17H24N2O2S2. The molecule has 1 heterocycles. The first kappa shape index (κ1) is 18.1. The summed E-state index contributed by atoms with van der Waals surface area (Å²) in [5.74, 6) is 0. The molecule has 0 saturated carbocycles. The highest BCUT2D eigenvalue weighted by Gasteiger charge is 2.22. The Morgan fingerprint density at radius 3 is 2.30 bits per heavy atom. The molecule has 0 bridgehead atoms. The van der Waals surface area contributed by atoms with E-state index in [0.717, 1.165) is 24.2 Å². The smallest absolute Gasteiger partial charge is 0.240 e. The van der Waals surface area contributed by atoms with Crippen LogP contribution in [0.1, 0.15) is 31.0 Å². The molecular weight excluding hydrogens is 328 g/mol. The summed E-state index contributed by atoms with van der Waals surface area (Å²) >= 11 is 1.63. The molecule has 0 radical (unpaired) electrons. The van der Waals surface area contributed by atoms with Crippen LogP contribution in [-0.2, 0) is 10.0 Å². The third kappa shape index (κ3) is 4.64. The number of hydrogen-bond donors (Lipinski definition) is 1. The molecule has 1 N–H and O–H groups in total. The highest BCUT2D eigenvalue weighted by atomic mass is 32.2. The molecule has 1 atom stereocenters. The van der Waals surface area contributed by atoms with Crippen LogP contribution < -0.4 is 4.72 Å². The van der Waals surface area contributed by atoms with E-state index >= 15 is 0 Å². The highest BCUT2D eigenvalue weighted by Crippen LogP contribution is 2.23. The molecule has 0 saturated heterocycles. The van der Waals surface area contributed by atoms with Crippen molar-refractivity contribution in [3.8, 4) is 0 Å². The molecule has 0 spiro atoms. The van der Waals surface area contributed by atoms with Crippen molar-refractivity contribution in [1.29, 1.82) is 0 Å². The van der Waals surface area contributed by atoms with Gasteiger partial charge in [0, 0.05) is 12.6 Å². The van der Waals surface area contributed by atoms with Crippen LogP contribution in [0.5, 0.6) is 0 Å². The first-order chi connectivity index (χ1) is 11.0. The molecule has 0 aliphatic rings. The minimum Gasteiger partial charge on any atom is -0.296 e. The molecule has 2 rings (SSSR count). The standard InChI is InChI=1S/C17H24N2O2S2/c1-4-19(5-2)17(15-10-11-22-13-15)12-18-23(20,21)16-8-6-14(3)7-9-16/h6-11,13,17-18H,4-5,12H2,1-3H3/t17-/m0/s1. The lowest BCUT2D eigenvalue weighted by Gasteiger charge is -2.29. The Labute approximate surface area is 143 Å². The van der Waals surface area contributed by atoms with Crippen molar-refractivity contribution in [2.24, 2.45) is 0 Å². The zero-order valence-corrected chi connectivity index (χ0v) is 15.5. The van der Waals surface area contributed by atoms with Gasteiger partial charge in [-0.25, -0.2) is 13.1 Å². The van der Waals surface area contributed by atoms with Crippen molar-refractivity contribution < 1.29 is 8.42 Å². The minimum atomic E-state index is -3.49. The maximum atomic E-state index is 12.5. The number of aryl methyl sites for hydroxylation is 1. The lowest BCUT2D eigenvalue weighted by atomic mass is 10.1. The van der Waals surface area contributed by atoms with Crippen molar-refractivity contribution in [1.82, 2.24) is 9.62 Å². The van der Waals surface area contributed by atoms with E-state index in [1.54, 1.807) is 23.5 Å². The van der Waals surface area contributed by atoms with Crippen LogP contribution in [-0.4, -0.2) is 33.0 Å². The second-order valence-corrected chi connectivity index (χ2v) is 8.01. The molecule has 126 valence electrons. The van der Waals surface area contributed by atoms with E-state index in [-0.39, 0.29) is 6.04 Å². The zero-order chi connectivity index (χ0) is 16.9. The molecule has 1 aromatic heterocycles. The summed E-state index contributed by atoms with van der Waals surface area (Å²) < 4.78 is 27.7. The van der Waals surface area contributed by atoms with E-state index in [1.807, 2.05) is 24.4 Å². The lowest BCUT2D eigenvalue weighted by molar-refractivity contribution is 0.220. The van der Waals surface area contributed by atoms with E-state index < -0.39 is 10.0 Å². The van der Waals surface area contributed by atoms with Crippen LogP contribution in [0.3, 0.4) is 0 Å². The number of rotatable bonds is 8. The summed E-state index contributed by atoms with van der Waals surface area (Å²) in [6.45, 7) is 8.26. The quantitative estimate of drug-likeness (QED) is 0.792. The summed E-state index contributed by atoms with van der Waals surface area (Å²) in [5.41, 5.74) is 2.20. The molecule has 1 aromatic carbocycles. The summed E-state index contributed by atoms with van der Waals surface area (Å²) in [5, 5.41) is 4.11. The maximum Gasteiger partial charge on any atom is 0.240 e. The summed E-state index contributed by atoms with van der Waals surface area (Å²) in [6.07, 6.45) is 0. The number of likely N-dealkylation sites (N-methyl/N-ethyl adjacent to an activating group) is 1. The van der Waals surface area contributed by atoms with E-state index in [0.29, 0.717) is 11.4 Å². The predicted octanol–water partition coefficient (Wildman–Crippen LogP) is 3.42. The molecule has 0 fully saturated rings. The summed E-state index contributed by atoms with van der Waals surface area (Å²) in [4.78, 5) is 2.58. The van der Waals surface area contributed by atoms with Crippen LogP contribution >= 0.6 is 11.3 Å². The number of nitrogens with zero attached hydrogens (tertiary/aromatic N) is 1. The average Bonchev–Trinajstić information content (AvgIpc) is 3.06. The van der Waals surface area contributed by atoms with Gasteiger partial charge in [0.25, 0.3) is 0 Å². The van der Waals surface area contributed by atoms with Gasteiger partial charge in [0.15, 0.2) is 0 Å². The minimum absolute atomic E-state index is 0.0523. The van der Waals surface area contributed by atoms with Crippen LogP contribution in [0.4, 0.5) is 0 Å². The van der Waals surface area contributed by atoms with Crippen molar-refractivity contribution in [2.45, 2.75) is 31.7 Å². The Morgan fingerprint density at radius 2 is 1.78 bits per heavy atom. The molecule has 0 aliphatic heterocycles. The molecule has 4 nitrogen and oxygen atoms in total. The fourth-order valence-electron chi connectivity index (χ4n) is 2.58. The Bertz CT molecular complexity index is 691. The Kier molecular flexibility index (Phi) is 6.35. The van der Waals surface area contributed by atoms with E-state index in [4.69, 9.17) is 0 Å². The van der Waals surface area contributed by atoms with Gasteiger partial charge in [-0.05, 0) is 54.5 Å². The number of nitrogens with one attached hydrogen (secondary N) is 1. The molecule has 0 amide bonds. The van der Waals surface area contributed by atoms with Crippen LogP contribution in [0, 0.1) is 6.92 Å². The average molecular weight is 353 g/mol. The van der Waals surface area contributed by atoms with Gasteiger partial charge in [0.1, 0.15) is 0 Å². The second kappa shape index (κ2) is 8.06. The fraction of sp³-hybridized carbons (Fsp3) is 0.412. The molecule has 0 aliphatic carbocycles. The normalized spacial score (nSPS) is 13.4.